The lowest BCUT2D eigenvalue weighted by Crippen LogP contribution is -2.57. The van der Waals surface area contributed by atoms with Crippen molar-refractivity contribution in [1.29, 1.82) is 0 Å². The van der Waals surface area contributed by atoms with Gasteiger partial charge in [0.1, 0.15) is 0 Å². The van der Waals surface area contributed by atoms with Gasteiger partial charge in [-0.25, -0.2) is 0 Å². The molecular formula is C19H30ClN3O2. The van der Waals surface area contributed by atoms with Crippen LogP contribution in [0.15, 0.2) is 24.3 Å². The number of carbonyl (C=O) groups excluding carboxylic acids is 2. The van der Waals surface area contributed by atoms with E-state index in [4.69, 9.17) is 0 Å². The molecule has 2 atom stereocenters. The summed E-state index contributed by atoms with van der Waals surface area (Å²) in [5, 5.41) is 6.29. The maximum absolute atomic E-state index is 12.7. The van der Waals surface area contributed by atoms with Crippen molar-refractivity contribution in [2.45, 2.75) is 46.7 Å². The third-order valence-electron chi connectivity index (χ3n) is 4.47. The van der Waals surface area contributed by atoms with E-state index in [1.165, 1.54) is 0 Å². The molecule has 1 saturated heterocycles. The molecule has 1 aromatic carbocycles. The van der Waals surface area contributed by atoms with Gasteiger partial charge in [-0.2, -0.15) is 0 Å². The molecule has 6 heteroatoms. The molecule has 1 heterocycles. The molecule has 1 aliphatic rings. The second kappa shape index (κ2) is 8.68. The molecule has 2 amide bonds. The van der Waals surface area contributed by atoms with Crippen molar-refractivity contribution in [3.05, 3.63) is 35.4 Å². The fourth-order valence-corrected chi connectivity index (χ4v) is 2.72. The molecule has 25 heavy (non-hydrogen) atoms. The first kappa shape index (κ1) is 21.5. The highest BCUT2D eigenvalue weighted by molar-refractivity contribution is 5.98. The predicted octanol–water partition coefficient (Wildman–Crippen LogP) is 2.71. The largest absolute Gasteiger partial charge is 0.352 e. The third kappa shape index (κ3) is 5.72. The summed E-state index contributed by atoms with van der Waals surface area (Å²) in [5.41, 5.74) is 1.25. The van der Waals surface area contributed by atoms with E-state index in [2.05, 4.69) is 45.3 Å². The Balaban J connectivity index is 0.00000312. The number of nitrogens with zero attached hydrogens (tertiary/aromatic N) is 1. The Morgan fingerprint density at radius 3 is 2.28 bits per heavy atom. The van der Waals surface area contributed by atoms with Crippen LogP contribution in [0, 0.1) is 5.41 Å². The zero-order valence-electron chi connectivity index (χ0n) is 15.8. The van der Waals surface area contributed by atoms with Crippen LogP contribution in [0.1, 0.15) is 55.3 Å². The molecular weight excluding hydrogens is 338 g/mol. The zero-order valence-corrected chi connectivity index (χ0v) is 16.6. The van der Waals surface area contributed by atoms with E-state index < -0.39 is 0 Å². The molecule has 140 valence electrons. The van der Waals surface area contributed by atoms with E-state index in [1.54, 1.807) is 24.3 Å². The van der Waals surface area contributed by atoms with Crippen LogP contribution in [-0.4, -0.2) is 48.4 Å². The van der Waals surface area contributed by atoms with Gasteiger partial charge in [-0.1, -0.05) is 20.8 Å². The van der Waals surface area contributed by atoms with Crippen LogP contribution in [-0.2, 0) is 0 Å². The number of nitrogens with one attached hydrogen (secondary N) is 2. The minimum absolute atomic E-state index is 0. The lowest BCUT2D eigenvalue weighted by atomic mass is 9.97. The van der Waals surface area contributed by atoms with Gasteiger partial charge in [0.2, 0.25) is 0 Å². The third-order valence-corrected chi connectivity index (χ3v) is 4.47. The summed E-state index contributed by atoms with van der Waals surface area (Å²) < 4.78 is 0. The molecule has 2 N–H and O–H groups in total. The van der Waals surface area contributed by atoms with Crippen molar-refractivity contribution in [2.75, 3.05) is 19.6 Å². The fraction of sp³-hybridized carbons (Fsp3) is 0.579. The maximum Gasteiger partial charge on any atom is 0.254 e. The van der Waals surface area contributed by atoms with Crippen molar-refractivity contribution in [2.24, 2.45) is 5.41 Å². The van der Waals surface area contributed by atoms with E-state index in [9.17, 15) is 9.59 Å². The van der Waals surface area contributed by atoms with E-state index in [1.807, 2.05) is 4.90 Å². The number of rotatable bonds is 3. The second-order valence-electron chi connectivity index (χ2n) is 7.80. The first-order valence-corrected chi connectivity index (χ1v) is 8.62. The van der Waals surface area contributed by atoms with Crippen molar-refractivity contribution in [1.82, 2.24) is 15.5 Å². The fourth-order valence-electron chi connectivity index (χ4n) is 2.72. The van der Waals surface area contributed by atoms with Gasteiger partial charge in [-0.15, -0.1) is 12.4 Å². The molecule has 0 saturated carbocycles. The van der Waals surface area contributed by atoms with Crippen LogP contribution < -0.4 is 10.6 Å². The average Bonchev–Trinajstić information content (AvgIpc) is 2.54. The smallest absolute Gasteiger partial charge is 0.254 e. The summed E-state index contributed by atoms with van der Waals surface area (Å²) in [5.74, 6) is -0.0782. The molecule has 5 nitrogen and oxygen atoms in total. The second-order valence-corrected chi connectivity index (χ2v) is 7.80. The highest BCUT2D eigenvalue weighted by Crippen LogP contribution is 2.15. The van der Waals surface area contributed by atoms with E-state index in [0.717, 1.165) is 6.54 Å². The van der Waals surface area contributed by atoms with E-state index in [0.29, 0.717) is 24.2 Å². The number of piperazine rings is 1. The van der Waals surface area contributed by atoms with Gasteiger partial charge in [-0.05, 0) is 43.5 Å². The number of halogens is 1. The number of hydrogen-bond acceptors (Lipinski definition) is 3. The lowest BCUT2D eigenvalue weighted by Gasteiger charge is -2.38. The van der Waals surface area contributed by atoms with Gasteiger partial charge in [0.15, 0.2) is 0 Å². The standard InChI is InChI=1S/C19H29N3O2.ClH/c1-13-14(2)22(11-10-20-13)18(24)16-8-6-15(7-9-16)17(23)21-12-19(3,4)5;/h6-9,13-14,20H,10-12H2,1-5H3,(H,21,23);1H. The van der Waals surface area contributed by atoms with Crippen molar-refractivity contribution < 1.29 is 9.59 Å². The maximum atomic E-state index is 12.7. The topological polar surface area (TPSA) is 61.4 Å². The van der Waals surface area contributed by atoms with E-state index >= 15 is 0 Å². The Bertz CT molecular complexity index is 596. The SMILES string of the molecule is CC1NCCN(C(=O)c2ccc(C(=O)NCC(C)(C)C)cc2)C1C.Cl. The summed E-state index contributed by atoms with van der Waals surface area (Å²) in [7, 11) is 0. The van der Waals surface area contributed by atoms with Crippen molar-refractivity contribution in [3.63, 3.8) is 0 Å². The summed E-state index contributed by atoms with van der Waals surface area (Å²) in [6, 6.07) is 7.37. The van der Waals surface area contributed by atoms with E-state index in [-0.39, 0.29) is 41.7 Å². The Labute approximate surface area is 157 Å². The number of carbonyl (C=O) groups is 2. The van der Waals surface area contributed by atoms with Crippen molar-refractivity contribution >= 4 is 24.2 Å². The van der Waals surface area contributed by atoms with Gasteiger partial charge in [0.25, 0.3) is 11.8 Å². The van der Waals surface area contributed by atoms with Gasteiger partial charge < -0.3 is 15.5 Å². The molecule has 0 aromatic heterocycles. The molecule has 0 spiro atoms. The van der Waals surface area contributed by atoms with Gasteiger partial charge in [-0.3, -0.25) is 9.59 Å². The average molecular weight is 368 g/mol. The molecule has 2 rings (SSSR count). The first-order chi connectivity index (χ1) is 11.2. The summed E-state index contributed by atoms with van der Waals surface area (Å²) >= 11 is 0. The number of benzene rings is 1. The summed E-state index contributed by atoms with van der Waals surface area (Å²) in [6.45, 7) is 12.5. The van der Waals surface area contributed by atoms with Gasteiger partial charge in [0, 0.05) is 42.8 Å². The summed E-state index contributed by atoms with van der Waals surface area (Å²) in [6.07, 6.45) is 0. The molecule has 1 fully saturated rings. The molecule has 2 unspecified atom stereocenters. The molecule has 1 aliphatic heterocycles. The minimum atomic E-state index is -0.104. The van der Waals surface area contributed by atoms with Crippen LogP contribution in [0.2, 0.25) is 0 Å². The Morgan fingerprint density at radius 2 is 1.72 bits per heavy atom. The minimum Gasteiger partial charge on any atom is -0.352 e. The lowest BCUT2D eigenvalue weighted by molar-refractivity contribution is 0.0602. The Kier molecular flexibility index (Phi) is 7.44. The van der Waals surface area contributed by atoms with Crippen LogP contribution in [0.5, 0.6) is 0 Å². The predicted molar refractivity (Wildman–Crippen MR) is 103 cm³/mol. The van der Waals surface area contributed by atoms with Crippen LogP contribution >= 0.6 is 12.4 Å². The number of amides is 2. The quantitative estimate of drug-likeness (QED) is 0.863. The monoisotopic (exact) mass is 367 g/mol. The van der Waals surface area contributed by atoms with Crippen LogP contribution in [0.25, 0.3) is 0 Å². The molecule has 0 radical (unpaired) electrons. The number of hydrogen-bond donors (Lipinski definition) is 2. The highest BCUT2D eigenvalue weighted by Gasteiger charge is 2.28. The zero-order chi connectivity index (χ0) is 17.9. The van der Waals surface area contributed by atoms with Gasteiger partial charge in [0.05, 0.1) is 0 Å². The normalized spacial score (nSPS) is 20.6. The molecule has 0 bridgehead atoms. The van der Waals surface area contributed by atoms with Crippen LogP contribution in [0.4, 0.5) is 0 Å². The van der Waals surface area contributed by atoms with Crippen LogP contribution in [0.3, 0.4) is 0 Å². The first-order valence-electron chi connectivity index (χ1n) is 8.62. The highest BCUT2D eigenvalue weighted by atomic mass is 35.5. The molecule has 0 aliphatic carbocycles. The van der Waals surface area contributed by atoms with Crippen molar-refractivity contribution in [3.8, 4) is 0 Å². The summed E-state index contributed by atoms with van der Waals surface area (Å²) in [4.78, 5) is 26.7. The Hall–Kier alpha value is -1.59. The molecule has 1 aromatic rings. The Morgan fingerprint density at radius 1 is 1.16 bits per heavy atom. The van der Waals surface area contributed by atoms with Gasteiger partial charge >= 0.3 is 0 Å².